The summed E-state index contributed by atoms with van der Waals surface area (Å²) >= 11 is 3.50. The molecule has 2 rings (SSSR count). The van der Waals surface area contributed by atoms with Crippen LogP contribution in [-0.4, -0.2) is 13.3 Å². The summed E-state index contributed by atoms with van der Waals surface area (Å²) in [7, 11) is 0. The highest BCUT2D eigenvalue weighted by Crippen LogP contribution is 2.23. The summed E-state index contributed by atoms with van der Waals surface area (Å²) in [5.41, 5.74) is 1.33. The average Bonchev–Trinajstić information content (AvgIpc) is 2.26. The van der Waals surface area contributed by atoms with Gasteiger partial charge >= 0.3 is 0 Å². The van der Waals surface area contributed by atoms with E-state index >= 15 is 0 Å². The molecule has 2 heteroatoms. The molecule has 0 bridgehead atoms. The van der Waals surface area contributed by atoms with E-state index in [4.69, 9.17) is 0 Å². The Morgan fingerprint density at radius 3 is 2.87 bits per heavy atom. The Kier molecular flexibility index (Phi) is 3.17. The minimum absolute atomic E-state index is 0.783. The van der Waals surface area contributed by atoms with E-state index in [9.17, 15) is 0 Å². The number of aliphatic imine (C=N–C) groups is 1. The van der Waals surface area contributed by atoms with Gasteiger partial charge in [0.25, 0.3) is 0 Å². The minimum Gasteiger partial charge on any atom is -0.301 e. The molecule has 0 unspecified atom stereocenters. The first kappa shape index (κ1) is 10.4. The molecular formula is C13H12BrN. The zero-order valence-corrected chi connectivity index (χ0v) is 10.00. The van der Waals surface area contributed by atoms with E-state index < -0.39 is 0 Å². The smallest absolute Gasteiger partial charge is 0.0422 e. The van der Waals surface area contributed by atoms with Gasteiger partial charge < -0.3 is 4.99 Å². The van der Waals surface area contributed by atoms with Gasteiger partial charge in [-0.05, 0) is 41.6 Å². The predicted octanol–water partition coefficient (Wildman–Crippen LogP) is 3.85. The third-order valence-electron chi connectivity index (χ3n) is 2.47. The number of benzene rings is 2. The number of rotatable bonds is 3. The topological polar surface area (TPSA) is 12.4 Å². The standard InChI is InChI=1S/C13H12BrN/c1-15-8-7-11-4-2-3-10-5-6-12(14)9-13(10)11/h2-6,9H,1,7-8H2. The maximum atomic E-state index is 3.90. The second-order valence-corrected chi connectivity index (χ2v) is 4.40. The van der Waals surface area contributed by atoms with Gasteiger partial charge in [-0.1, -0.05) is 40.2 Å². The highest BCUT2D eigenvalue weighted by molar-refractivity contribution is 9.10. The van der Waals surface area contributed by atoms with Gasteiger partial charge in [0.15, 0.2) is 0 Å². The van der Waals surface area contributed by atoms with E-state index in [-0.39, 0.29) is 0 Å². The van der Waals surface area contributed by atoms with Crippen molar-refractivity contribution >= 4 is 33.4 Å². The van der Waals surface area contributed by atoms with E-state index in [2.05, 4.69) is 64.0 Å². The molecule has 0 saturated carbocycles. The SMILES string of the molecule is C=NCCc1cccc2ccc(Br)cc12. The highest BCUT2D eigenvalue weighted by atomic mass is 79.9. The summed E-state index contributed by atoms with van der Waals surface area (Å²) in [6, 6.07) is 12.7. The van der Waals surface area contributed by atoms with Gasteiger partial charge in [-0.25, -0.2) is 0 Å². The van der Waals surface area contributed by atoms with Crippen LogP contribution in [0.15, 0.2) is 45.9 Å². The zero-order chi connectivity index (χ0) is 10.7. The Morgan fingerprint density at radius 1 is 1.20 bits per heavy atom. The van der Waals surface area contributed by atoms with Gasteiger partial charge in [-0.2, -0.15) is 0 Å². The number of fused-ring (bicyclic) bond motifs is 1. The lowest BCUT2D eigenvalue weighted by atomic mass is 10.0. The van der Waals surface area contributed by atoms with Crippen molar-refractivity contribution in [1.82, 2.24) is 0 Å². The summed E-state index contributed by atoms with van der Waals surface area (Å²) in [5, 5.41) is 2.58. The highest BCUT2D eigenvalue weighted by Gasteiger charge is 2.00. The fourth-order valence-corrected chi connectivity index (χ4v) is 2.09. The predicted molar refractivity (Wildman–Crippen MR) is 69.8 cm³/mol. The van der Waals surface area contributed by atoms with Crippen molar-refractivity contribution in [2.45, 2.75) is 6.42 Å². The van der Waals surface area contributed by atoms with Gasteiger partial charge in [0.1, 0.15) is 0 Å². The molecule has 0 aliphatic carbocycles. The van der Waals surface area contributed by atoms with Crippen LogP contribution in [0.3, 0.4) is 0 Å². The lowest BCUT2D eigenvalue weighted by Gasteiger charge is -2.05. The zero-order valence-electron chi connectivity index (χ0n) is 8.41. The van der Waals surface area contributed by atoms with Crippen LogP contribution in [0.2, 0.25) is 0 Å². The molecule has 76 valence electrons. The molecule has 0 saturated heterocycles. The van der Waals surface area contributed by atoms with Gasteiger partial charge in [-0.15, -0.1) is 0 Å². The maximum absolute atomic E-state index is 3.90. The van der Waals surface area contributed by atoms with Gasteiger partial charge in [-0.3, -0.25) is 0 Å². The Morgan fingerprint density at radius 2 is 2.07 bits per heavy atom. The largest absolute Gasteiger partial charge is 0.301 e. The van der Waals surface area contributed by atoms with Crippen LogP contribution in [0, 0.1) is 0 Å². The summed E-state index contributed by atoms with van der Waals surface area (Å²) < 4.78 is 1.12. The second kappa shape index (κ2) is 4.58. The van der Waals surface area contributed by atoms with Crippen molar-refractivity contribution in [3.8, 4) is 0 Å². The van der Waals surface area contributed by atoms with Crippen molar-refractivity contribution in [2.24, 2.45) is 4.99 Å². The van der Waals surface area contributed by atoms with Crippen LogP contribution >= 0.6 is 15.9 Å². The molecule has 15 heavy (non-hydrogen) atoms. The van der Waals surface area contributed by atoms with E-state index in [1.807, 2.05) is 0 Å². The average molecular weight is 262 g/mol. The Labute approximate surface area is 98.0 Å². The van der Waals surface area contributed by atoms with Crippen molar-refractivity contribution in [3.63, 3.8) is 0 Å². The van der Waals surface area contributed by atoms with Crippen LogP contribution in [0.5, 0.6) is 0 Å². The van der Waals surface area contributed by atoms with Crippen molar-refractivity contribution in [2.75, 3.05) is 6.54 Å². The molecule has 2 aromatic rings. The fourth-order valence-electron chi connectivity index (χ4n) is 1.73. The van der Waals surface area contributed by atoms with Crippen LogP contribution in [0.4, 0.5) is 0 Å². The first-order chi connectivity index (χ1) is 7.31. The number of hydrogen-bond acceptors (Lipinski definition) is 1. The van der Waals surface area contributed by atoms with E-state index in [0.717, 1.165) is 17.4 Å². The quantitative estimate of drug-likeness (QED) is 0.745. The van der Waals surface area contributed by atoms with Crippen LogP contribution in [0.1, 0.15) is 5.56 Å². The molecule has 0 atom stereocenters. The van der Waals surface area contributed by atoms with Crippen molar-refractivity contribution in [3.05, 3.63) is 46.4 Å². The summed E-state index contributed by atoms with van der Waals surface area (Å²) in [6.45, 7) is 4.30. The van der Waals surface area contributed by atoms with Crippen LogP contribution < -0.4 is 0 Å². The van der Waals surface area contributed by atoms with Crippen molar-refractivity contribution < 1.29 is 0 Å². The van der Waals surface area contributed by atoms with Gasteiger partial charge in [0.05, 0.1) is 0 Å². The van der Waals surface area contributed by atoms with E-state index in [1.165, 1.54) is 16.3 Å². The van der Waals surface area contributed by atoms with E-state index in [0.29, 0.717) is 0 Å². The van der Waals surface area contributed by atoms with Gasteiger partial charge in [0.2, 0.25) is 0 Å². The number of nitrogens with zero attached hydrogens (tertiary/aromatic N) is 1. The van der Waals surface area contributed by atoms with E-state index in [1.54, 1.807) is 0 Å². The molecule has 2 aromatic carbocycles. The third-order valence-corrected chi connectivity index (χ3v) is 2.97. The molecule has 0 fully saturated rings. The maximum Gasteiger partial charge on any atom is 0.0422 e. The Balaban J connectivity index is 2.52. The summed E-state index contributed by atoms with van der Waals surface area (Å²) in [4.78, 5) is 3.90. The Bertz CT molecular complexity index is 491. The fraction of sp³-hybridized carbons (Fsp3) is 0.154. The van der Waals surface area contributed by atoms with Crippen LogP contribution in [0.25, 0.3) is 10.8 Å². The normalized spacial score (nSPS) is 10.5. The summed E-state index contributed by atoms with van der Waals surface area (Å²) in [6.07, 6.45) is 0.956. The lowest BCUT2D eigenvalue weighted by molar-refractivity contribution is 0.986. The molecule has 0 radical (unpaired) electrons. The molecule has 0 heterocycles. The number of halogens is 1. The molecule has 0 amide bonds. The first-order valence-corrected chi connectivity index (χ1v) is 5.70. The number of hydrogen-bond donors (Lipinski definition) is 0. The molecule has 0 aliphatic heterocycles. The summed E-state index contributed by atoms with van der Waals surface area (Å²) in [5.74, 6) is 0. The molecular weight excluding hydrogens is 250 g/mol. The van der Waals surface area contributed by atoms with Gasteiger partial charge in [0, 0.05) is 11.0 Å². The van der Waals surface area contributed by atoms with Crippen LogP contribution in [-0.2, 0) is 6.42 Å². The Hall–Kier alpha value is -1.15. The molecule has 0 aliphatic rings. The molecule has 0 spiro atoms. The molecule has 0 N–H and O–H groups in total. The molecule has 1 nitrogen and oxygen atoms in total. The minimum atomic E-state index is 0.783. The first-order valence-electron chi connectivity index (χ1n) is 4.91. The monoisotopic (exact) mass is 261 g/mol. The lowest BCUT2D eigenvalue weighted by Crippen LogP contribution is -1.90. The second-order valence-electron chi connectivity index (χ2n) is 3.48. The third kappa shape index (κ3) is 2.26. The molecule has 0 aromatic heterocycles. The van der Waals surface area contributed by atoms with Crippen molar-refractivity contribution in [1.29, 1.82) is 0 Å².